The Kier molecular flexibility index (Phi) is 6.60. The lowest BCUT2D eigenvalue weighted by molar-refractivity contribution is -0.125. The fourth-order valence-corrected chi connectivity index (χ4v) is 3.99. The fourth-order valence-electron chi connectivity index (χ4n) is 3.99. The quantitative estimate of drug-likeness (QED) is 0.598. The fraction of sp³-hybridized carbons (Fsp3) is 0.333. The van der Waals surface area contributed by atoms with Crippen molar-refractivity contribution in [3.8, 4) is 0 Å². The molecule has 3 aromatic rings. The number of benzene rings is 1. The zero-order valence-corrected chi connectivity index (χ0v) is 18.2. The van der Waals surface area contributed by atoms with Gasteiger partial charge in [-0.2, -0.15) is 5.10 Å². The van der Waals surface area contributed by atoms with Gasteiger partial charge in [0.05, 0.1) is 17.7 Å². The number of aromatic amines is 1. The molecule has 1 unspecified atom stereocenters. The molecule has 1 saturated heterocycles. The van der Waals surface area contributed by atoms with E-state index in [1.165, 1.54) is 18.3 Å². The van der Waals surface area contributed by atoms with Gasteiger partial charge in [0.25, 0.3) is 5.92 Å². The number of halogens is 2. The number of nitrogens with zero attached hydrogens (tertiary/aromatic N) is 3. The Bertz CT molecular complexity index is 1130. The number of H-pyrrole nitrogens is 1. The topological polar surface area (TPSA) is 91.0 Å². The smallest absolute Gasteiger partial charge is 0.257 e. The standard InChI is InChI=1S/C24H25F2N5O2/c1-16(31-12-11-24(25,26)20(15-31)18-7-10-22(32)27-14-18)23(33)28-21-9-8-19(29-30-21)13-17-5-3-2-4-6-17/h2-10,14,16,20H,11-13,15H2,1H3,(H,27,32)(H,28,30,33)/t16?,20-/m1/s1. The van der Waals surface area contributed by atoms with Crippen molar-refractivity contribution in [1.29, 1.82) is 0 Å². The van der Waals surface area contributed by atoms with Crippen molar-refractivity contribution in [1.82, 2.24) is 20.1 Å². The molecule has 1 amide bonds. The summed E-state index contributed by atoms with van der Waals surface area (Å²) in [5, 5.41) is 11.0. The molecule has 2 aromatic heterocycles. The number of hydrogen-bond donors (Lipinski definition) is 2. The molecule has 1 aliphatic heterocycles. The van der Waals surface area contributed by atoms with Gasteiger partial charge in [0.15, 0.2) is 5.82 Å². The van der Waals surface area contributed by atoms with Crippen molar-refractivity contribution in [2.24, 2.45) is 0 Å². The lowest BCUT2D eigenvalue weighted by atomic mass is 9.87. The van der Waals surface area contributed by atoms with Crippen molar-refractivity contribution >= 4 is 11.7 Å². The SMILES string of the molecule is CC(C(=O)Nc1ccc(Cc2ccccc2)nn1)N1CCC(F)(F)[C@@H](c2ccc(=O)[nH]c2)C1. The highest BCUT2D eigenvalue weighted by Crippen LogP contribution is 2.40. The Morgan fingerprint density at radius 2 is 1.97 bits per heavy atom. The molecule has 1 fully saturated rings. The molecule has 3 heterocycles. The minimum absolute atomic E-state index is 0.00464. The molecule has 4 rings (SSSR count). The van der Waals surface area contributed by atoms with Crippen LogP contribution in [0, 0.1) is 0 Å². The van der Waals surface area contributed by atoms with E-state index in [2.05, 4.69) is 20.5 Å². The Morgan fingerprint density at radius 1 is 1.18 bits per heavy atom. The lowest BCUT2D eigenvalue weighted by Crippen LogP contribution is -2.52. The van der Waals surface area contributed by atoms with Crippen LogP contribution in [-0.2, 0) is 11.2 Å². The molecule has 0 radical (unpaired) electrons. The number of amides is 1. The number of aromatic nitrogens is 3. The van der Waals surface area contributed by atoms with Crippen LogP contribution in [0.15, 0.2) is 65.6 Å². The van der Waals surface area contributed by atoms with Gasteiger partial charge in [0.2, 0.25) is 11.5 Å². The Labute approximate surface area is 189 Å². The van der Waals surface area contributed by atoms with Crippen LogP contribution in [0.2, 0.25) is 0 Å². The lowest BCUT2D eigenvalue weighted by Gasteiger charge is -2.40. The van der Waals surface area contributed by atoms with E-state index >= 15 is 0 Å². The predicted octanol–water partition coefficient (Wildman–Crippen LogP) is 3.21. The highest BCUT2D eigenvalue weighted by atomic mass is 19.3. The van der Waals surface area contributed by atoms with E-state index in [1.807, 2.05) is 30.3 Å². The summed E-state index contributed by atoms with van der Waals surface area (Å²) in [4.78, 5) is 28.3. The molecule has 2 N–H and O–H groups in total. The molecule has 1 aliphatic rings. The van der Waals surface area contributed by atoms with E-state index in [0.717, 1.165) is 11.3 Å². The Hall–Kier alpha value is -3.46. The molecule has 0 bridgehead atoms. The monoisotopic (exact) mass is 453 g/mol. The molecule has 0 spiro atoms. The first-order chi connectivity index (χ1) is 15.8. The Morgan fingerprint density at radius 3 is 2.64 bits per heavy atom. The number of anilines is 1. The van der Waals surface area contributed by atoms with Crippen LogP contribution < -0.4 is 10.9 Å². The summed E-state index contributed by atoms with van der Waals surface area (Å²) in [6.45, 7) is 1.76. The van der Waals surface area contributed by atoms with Gasteiger partial charge in [-0.15, -0.1) is 5.10 Å². The van der Waals surface area contributed by atoms with Gasteiger partial charge in [0, 0.05) is 38.2 Å². The third-order valence-corrected chi connectivity index (χ3v) is 6.00. The number of pyridine rings is 1. The second-order valence-corrected chi connectivity index (χ2v) is 8.28. The first-order valence-electron chi connectivity index (χ1n) is 10.8. The highest BCUT2D eigenvalue weighted by molar-refractivity contribution is 5.93. The summed E-state index contributed by atoms with van der Waals surface area (Å²) in [6.07, 6.45) is 1.58. The molecule has 33 heavy (non-hydrogen) atoms. The molecule has 0 saturated carbocycles. The summed E-state index contributed by atoms with van der Waals surface area (Å²) in [5.74, 6) is -4.07. The minimum atomic E-state index is -2.93. The van der Waals surface area contributed by atoms with Crippen LogP contribution in [0.1, 0.15) is 36.1 Å². The second-order valence-electron chi connectivity index (χ2n) is 8.28. The summed E-state index contributed by atoms with van der Waals surface area (Å²) < 4.78 is 29.2. The third kappa shape index (κ3) is 5.48. The maximum absolute atomic E-state index is 14.6. The molecule has 9 heteroatoms. The largest absolute Gasteiger partial charge is 0.329 e. The summed E-state index contributed by atoms with van der Waals surface area (Å²) in [5.41, 5.74) is 1.88. The van der Waals surface area contributed by atoms with E-state index in [0.29, 0.717) is 17.8 Å². The predicted molar refractivity (Wildman–Crippen MR) is 120 cm³/mol. The molecule has 7 nitrogen and oxygen atoms in total. The maximum atomic E-state index is 14.6. The summed E-state index contributed by atoms with van der Waals surface area (Å²) in [7, 11) is 0. The highest BCUT2D eigenvalue weighted by Gasteiger charge is 2.46. The maximum Gasteiger partial charge on any atom is 0.257 e. The van der Waals surface area contributed by atoms with Crippen LogP contribution in [0.25, 0.3) is 0 Å². The number of hydrogen-bond acceptors (Lipinski definition) is 5. The first-order valence-corrected chi connectivity index (χ1v) is 10.8. The number of piperidine rings is 1. The van der Waals surface area contributed by atoms with E-state index in [-0.39, 0.29) is 31.0 Å². The average Bonchev–Trinajstić information content (AvgIpc) is 2.81. The zero-order valence-electron chi connectivity index (χ0n) is 18.2. The number of rotatable bonds is 6. The molecule has 172 valence electrons. The average molecular weight is 453 g/mol. The number of nitrogens with one attached hydrogen (secondary N) is 2. The van der Waals surface area contributed by atoms with E-state index in [4.69, 9.17) is 0 Å². The van der Waals surface area contributed by atoms with Crippen LogP contribution >= 0.6 is 0 Å². The third-order valence-electron chi connectivity index (χ3n) is 6.00. The zero-order chi connectivity index (χ0) is 23.4. The van der Waals surface area contributed by atoms with Gasteiger partial charge in [-0.1, -0.05) is 36.4 Å². The van der Waals surface area contributed by atoms with Crippen LogP contribution in [-0.4, -0.2) is 51.0 Å². The van der Waals surface area contributed by atoms with Crippen LogP contribution in [0.3, 0.4) is 0 Å². The molecular formula is C24H25F2N5O2. The second kappa shape index (κ2) is 9.58. The number of carbonyl (C=O) groups is 1. The van der Waals surface area contributed by atoms with E-state index < -0.39 is 17.9 Å². The van der Waals surface area contributed by atoms with Crippen LogP contribution in [0.4, 0.5) is 14.6 Å². The van der Waals surface area contributed by atoms with E-state index in [9.17, 15) is 18.4 Å². The van der Waals surface area contributed by atoms with Gasteiger partial charge in [-0.3, -0.25) is 14.5 Å². The van der Waals surface area contributed by atoms with Crippen molar-refractivity contribution in [2.75, 3.05) is 18.4 Å². The van der Waals surface area contributed by atoms with Gasteiger partial charge in [-0.05, 0) is 30.2 Å². The molecular weight excluding hydrogens is 428 g/mol. The van der Waals surface area contributed by atoms with Crippen molar-refractivity contribution in [2.45, 2.75) is 37.6 Å². The normalized spacial score (nSPS) is 19.1. The Balaban J connectivity index is 1.39. The van der Waals surface area contributed by atoms with Gasteiger partial charge >= 0.3 is 0 Å². The molecule has 1 aromatic carbocycles. The van der Waals surface area contributed by atoms with Crippen LogP contribution in [0.5, 0.6) is 0 Å². The summed E-state index contributed by atoms with van der Waals surface area (Å²) >= 11 is 0. The molecule has 0 aliphatic carbocycles. The van der Waals surface area contributed by atoms with Gasteiger partial charge in [0.1, 0.15) is 0 Å². The number of carbonyl (C=O) groups excluding carboxylic acids is 1. The van der Waals surface area contributed by atoms with E-state index in [1.54, 1.807) is 24.0 Å². The number of likely N-dealkylation sites (tertiary alicyclic amines) is 1. The summed E-state index contributed by atoms with van der Waals surface area (Å²) in [6, 6.07) is 15.4. The van der Waals surface area contributed by atoms with Gasteiger partial charge in [-0.25, -0.2) is 8.78 Å². The molecule has 2 atom stereocenters. The van der Waals surface area contributed by atoms with Crippen molar-refractivity contribution < 1.29 is 13.6 Å². The van der Waals surface area contributed by atoms with Gasteiger partial charge < -0.3 is 10.3 Å². The minimum Gasteiger partial charge on any atom is -0.329 e. The first kappa shape index (κ1) is 22.7. The number of alkyl halides is 2. The van der Waals surface area contributed by atoms with Crippen molar-refractivity contribution in [3.05, 3.63) is 88.0 Å². The van der Waals surface area contributed by atoms with Crippen molar-refractivity contribution in [3.63, 3.8) is 0 Å².